The summed E-state index contributed by atoms with van der Waals surface area (Å²) in [6.07, 6.45) is 2.95. The van der Waals surface area contributed by atoms with Gasteiger partial charge < -0.3 is 5.32 Å². The van der Waals surface area contributed by atoms with Crippen LogP contribution >= 0.6 is 35.0 Å². The lowest BCUT2D eigenvalue weighted by atomic mass is 10.1. The Balaban J connectivity index is 1.97. The lowest BCUT2D eigenvalue weighted by molar-refractivity contribution is -0.121. The molecule has 1 aromatic carbocycles. The Bertz CT molecular complexity index is 760. The summed E-state index contributed by atoms with van der Waals surface area (Å²) < 4.78 is 0. The Morgan fingerprint density at radius 2 is 1.84 bits per heavy atom. The third-order valence-corrected chi connectivity index (χ3v) is 5.29. The van der Waals surface area contributed by atoms with Gasteiger partial charge in [-0.3, -0.25) is 4.79 Å². The van der Waals surface area contributed by atoms with Crippen LogP contribution in [0.5, 0.6) is 0 Å². The quantitative estimate of drug-likeness (QED) is 0.554. The van der Waals surface area contributed by atoms with Crippen molar-refractivity contribution in [1.82, 2.24) is 15.3 Å². The zero-order chi connectivity index (χ0) is 18.6. The number of carbonyl (C=O) groups excluding carboxylic acids is 1. The number of amides is 1. The van der Waals surface area contributed by atoms with Crippen LogP contribution < -0.4 is 5.32 Å². The first-order valence-corrected chi connectivity index (χ1v) is 9.92. The minimum atomic E-state index is -0.139. The number of hydrogen-bond donors (Lipinski definition) is 1. The molecule has 7 heteroatoms. The predicted octanol–water partition coefficient (Wildman–Crippen LogP) is 4.93. The lowest BCUT2D eigenvalue weighted by Crippen LogP contribution is -2.27. The number of nitrogens with zero attached hydrogens (tertiary/aromatic N) is 2. The van der Waals surface area contributed by atoms with E-state index in [9.17, 15) is 4.79 Å². The third kappa shape index (κ3) is 5.33. The van der Waals surface area contributed by atoms with Gasteiger partial charge in [-0.15, -0.1) is 0 Å². The van der Waals surface area contributed by atoms with Crippen LogP contribution in [0, 0.1) is 13.8 Å². The number of thioether (sulfide) groups is 1. The normalized spacial score (nSPS) is 12.1. The molecule has 25 heavy (non-hydrogen) atoms. The molecule has 1 unspecified atom stereocenters. The van der Waals surface area contributed by atoms with Gasteiger partial charge in [0.2, 0.25) is 5.91 Å². The Morgan fingerprint density at radius 1 is 1.20 bits per heavy atom. The van der Waals surface area contributed by atoms with Gasteiger partial charge in [0.1, 0.15) is 0 Å². The van der Waals surface area contributed by atoms with Crippen LogP contribution in [-0.2, 0) is 11.2 Å². The highest BCUT2D eigenvalue weighted by atomic mass is 35.5. The van der Waals surface area contributed by atoms with Crippen molar-refractivity contribution in [3.8, 4) is 0 Å². The molecule has 0 aliphatic heterocycles. The number of nitrogens with one attached hydrogen (secondary N) is 1. The van der Waals surface area contributed by atoms with Gasteiger partial charge in [-0.1, -0.05) is 41.0 Å². The van der Waals surface area contributed by atoms with Gasteiger partial charge in [0.15, 0.2) is 5.16 Å². The second kappa shape index (κ2) is 8.88. The van der Waals surface area contributed by atoms with Crippen molar-refractivity contribution < 1.29 is 4.79 Å². The van der Waals surface area contributed by atoms with Gasteiger partial charge >= 0.3 is 0 Å². The first-order chi connectivity index (χ1) is 11.8. The van der Waals surface area contributed by atoms with Crippen molar-refractivity contribution in [3.05, 3.63) is 50.8 Å². The summed E-state index contributed by atoms with van der Waals surface area (Å²) in [5, 5.41) is 4.74. The lowest BCUT2D eigenvalue weighted by Gasteiger charge is -2.16. The summed E-state index contributed by atoms with van der Waals surface area (Å²) in [4.78, 5) is 21.2. The summed E-state index contributed by atoms with van der Waals surface area (Å²) in [7, 11) is 0. The van der Waals surface area contributed by atoms with E-state index in [0.29, 0.717) is 22.9 Å². The average Bonchev–Trinajstić information content (AvgIpc) is 2.56. The minimum absolute atomic E-state index is 0.0219. The van der Waals surface area contributed by atoms with Crippen molar-refractivity contribution in [1.29, 1.82) is 0 Å². The molecule has 0 aliphatic carbocycles. The molecular weight excluding hydrogens is 377 g/mol. The fourth-order valence-corrected chi connectivity index (χ4v) is 3.34. The van der Waals surface area contributed by atoms with Crippen LogP contribution in [0.1, 0.15) is 41.9 Å². The molecule has 4 nitrogen and oxygen atoms in total. The van der Waals surface area contributed by atoms with E-state index < -0.39 is 0 Å². The molecule has 1 N–H and O–H groups in total. The van der Waals surface area contributed by atoms with Crippen LogP contribution in [0.4, 0.5) is 0 Å². The number of aryl methyl sites for hydroxylation is 2. The van der Waals surface area contributed by atoms with Crippen molar-refractivity contribution >= 4 is 40.9 Å². The molecule has 1 amide bonds. The maximum Gasteiger partial charge on any atom is 0.220 e. The summed E-state index contributed by atoms with van der Waals surface area (Å²) in [5.41, 5.74) is 3.82. The van der Waals surface area contributed by atoms with Crippen LogP contribution in [0.3, 0.4) is 0 Å². The number of benzene rings is 1. The molecule has 0 saturated carbocycles. The number of rotatable bonds is 6. The number of halogens is 2. The summed E-state index contributed by atoms with van der Waals surface area (Å²) in [5.74, 6) is -0.0219. The highest BCUT2D eigenvalue weighted by Gasteiger charge is 2.14. The molecular formula is C18H21Cl2N3OS. The fourth-order valence-electron chi connectivity index (χ4n) is 2.58. The molecule has 1 heterocycles. The monoisotopic (exact) mass is 397 g/mol. The van der Waals surface area contributed by atoms with Gasteiger partial charge in [0, 0.05) is 17.8 Å². The zero-order valence-electron chi connectivity index (χ0n) is 14.7. The Kier molecular flexibility index (Phi) is 7.11. The molecule has 0 radical (unpaired) electrons. The largest absolute Gasteiger partial charge is 0.350 e. The van der Waals surface area contributed by atoms with E-state index in [1.165, 1.54) is 11.8 Å². The first-order valence-electron chi connectivity index (χ1n) is 7.94. The molecule has 0 spiro atoms. The second-order valence-electron chi connectivity index (χ2n) is 5.82. The maximum absolute atomic E-state index is 12.3. The van der Waals surface area contributed by atoms with Crippen molar-refractivity contribution in [2.24, 2.45) is 0 Å². The Hall–Kier alpha value is -1.30. The summed E-state index contributed by atoms with van der Waals surface area (Å²) in [6.45, 7) is 5.84. The molecule has 2 rings (SSSR count). The molecule has 0 bridgehead atoms. The van der Waals surface area contributed by atoms with Gasteiger partial charge in [-0.2, -0.15) is 0 Å². The molecule has 1 atom stereocenters. The number of hydrogen-bond acceptors (Lipinski definition) is 4. The van der Waals surface area contributed by atoms with Crippen molar-refractivity contribution in [3.63, 3.8) is 0 Å². The number of aromatic nitrogens is 2. The molecule has 1 aromatic heterocycles. The second-order valence-corrected chi connectivity index (χ2v) is 7.41. The van der Waals surface area contributed by atoms with E-state index in [1.54, 1.807) is 12.1 Å². The topological polar surface area (TPSA) is 54.9 Å². The molecule has 0 fully saturated rings. The van der Waals surface area contributed by atoms with Crippen LogP contribution in [0.15, 0.2) is 23.4 Å². The van der Waals surface area contributed by atoms with Crippen molar-refractivity contribution in [2.45, 2.75) is 44.8 Å². The molecule has 2 aromatic rings. The molecule has 0 aliphatic rings. The fraction of sp³-hybridized carbons (Fsp3) is 0.389. The zero-order valence-corrected chi connectivity index (χ0v) is 17.0. The van der Waals surface area contributed by atoms with Gasteiger partial charge in [-0.25, -0.2) is 9.97 Å². The summed E-state index contributed by atoms with van der Waals surface area (Å²) >= 11 is 13.5. The van der Waals surface area contributed by atoms with E-state index in [2.05, 4.69) is 15.3 Å². The Morgan fingerprint density at radius 3 is 2.40 bits per heavy atom. The van der Waals surface area contributed by atoms with E-state index >= 15 is 0 Å². The third-order valence-electron chi connectivity index (χ3n) is 4.01. The van der Waals surface area contributed by atoms with Crippen LogP contribution in [0.25, 0.3) is 0 Å². The minimum Gasteiger partial charge on any atom is -0.350 e. The Labute approximate surface area is 162 Å². The molecule has 0 saturated heterocycles. The van der Waals surface area contributed by atoms with E-state index in [0.717, 1.165) is 27.7 Å². The predicted molar refractivity (Wildman–Crippen MR) is 105 cm³/mol. The van der Waals surface area contributed by atoms with Gasteiger partial charge in [0.25, 0.3) is 0 Å². The standard InChI is InChI=1S/C18H21Cl2N3OS/c1-10(13-5-7-15(19)16(20)9-13)21-17(24)8-6-14-11(2)22-18(25-4)23-12(14)3/h5,7,9-10H,6,8H2,1-4H3,(H,21,24). The van der Waals surface area contributed by atoms with E-state index in [1.807, 2.05) is 33.1 Å². The van der Waals surface area contributed by atoms with Crippen molar-refractivity contribution in [2.75, 3.05) is 6.26 Å². The molecule has 134 valence electrons. The van der Waals surface area contributed by atoms with Gasteiger partial charge in [-0.05, 0) is 56.7 Å². The van der Waals surface area contributed by atoms with Crippen LogP contribution in [0.2, 0.25) is 10.0 Å². The highest BCUT2D eigenvalue weighted by Crippen LogP contribution is 2.25. The highest BCUT2D eigenvalue weighted by molar-refractivity contribution is 7.98. The average molecular weight is 398 g/mol. The SMILES string of the molecule is CSc1nc(C)c(CCC(=O)NC(C)c2ccc(Cl)c(Cl)c2)c(C)n1. The van der Waals surface area contributed by atoms with E-state index in [4.69, 9.17) is 23.2 Å². The van der Waals surface area contributed by atoms with Gasteiger partial charge in [0.05, 0.1) is 16.1 Å². The summed E-state index contributed by atoms with van der Waals surface area (Å²) in [6, 6.07) is 5.24. The number of carbonyl (C=O) groups is 1. The van der Waals surface area contributed by atoms with Crippen LogP contribution in [-0.4, -0.2) is 22.1 Å². The maximum atomic E-state index is 12.3. The first kappa shape index (κ1) is 20.0. The smallest absolute Gasteiger partial charge is 0.220 e. The van der Waals surface area contributed by atoms with E-state index in [-0.39, 0.29) is 11.9 Å².